The molecule has 0 atom stereocenters. The molecule has 1 saturated heterocycles. The second-order valence-electron chi connectivity index (χ2n) is 8.85. The molecule has 0 spiro atoms. The number of carbonyl (C=O) groups excluding carboxylic acids is 2. The van der Waals surface area contributed by atoms with Crippen LogP contribution in [0.25, 0.3) is 16.9 Å². The van der Waals surface area contributed by atoms with Gasteiger partial charge >= 0.3 is 6.09 Å². The van der Waals surface area contributed by atoms with Gasteiger partial charge in [-0.25, -0.2) is 19.4 Å². The molecule has 3 aromatic heterocycles. The Morgan fingerprint density at radius 2 is 1.83 bits per heavy atom. The number of rotatable bonds is 5. The van der Waals surface area contributed by atoms with Crippen molar-refractivity contribution in [1.82, 2.24) is 24.6 Å². The van der Waals surface area contributed by atoms with Crippen molar-refractivity contribution in [3.05, 3.63) is 48.4 Å². The van der Waals surface area contributed by atoms with E-state index in [1.807, 2.05) is 0 Å². The standard InChI is InChI=1S/C24H28N6O5/c1-24(2,3)35-23(32)27-20-7-5-16(14-25-20)19-13-18(22(31)29-9-11-34-12-10-29)28-30(19)17-6-8-21(33-4)26-15-17/h5-8,13-15H,9-12H2,1-4H3,(H,25,27,32). The van der Waals surface area contributed by atoms with Crippen molar-refractivity contribution in [3.8, 4) is 22.8 Å². The van der Waals surface area contributed by atoms with Gasteiger partial charge in [0.2, 0.25) is 5.88 Å². The van der Waals surface area contributed by atoms with Gasteiger partial charge in [0.25, 0.3) is 5.91 Å². The summed E-state index contributed by atoms with van der Waals surface area (Å²) in [5.41, 5.74) is 1.67. The van der Waals surface area contributed by atoms with Gasteiger partial charge in [-0.15, -0.1) is 0 Å². The van der Waals surface area contributed by atoms with Gasteiger partial charge in [0.05, 0.1) is 37.9 Å². The second kappa shape index (κ2) is 10.1. The zero-order chi connectivity index (χ0) is 25.0. The normalized spacial score (nSPS) is 13.9. The van der Waals surface area contributed by atoms with Crippen molar-refractivity contribution in [3.63, 3.8) is 0 Å². The Hall–Kier alpha value is -3.99. The maximum Gasteiger partial charge on any atom is 0.413 e. The number of methoxy groups -OCH3 is 1. The van der Waals surface area contributed by atoms with Crippen molar-refractivity contribution in [2.75, 3.05) is 38.7 Å². The number of aromatic nitrogens is 4. The summed E-state index contributed by atoms with van der Waals surface area (Å²) >= 11 is 0. The van der Waals surface area contributed by atoms with Gasteiger partial charge in [0, 0.05) is 30.9 Å². The van der Waals surface area contributed by atoms with Crippen LogP contribution in [-0.2, 0) is 9.47 Å². The topological polar surface area (TPSA) is 121 Å². The zero-order valence-electron chi connectivity index (χ0n) is 20.1. The van der Waals surface area contributed by atoms with E-state index in [1.165, 1.54) is 0 Å². The highest BCUT2D eigenvalue weighted by Crippen LogP contribution is 2.26. The van der Waals surface area contributed by atoms with Crippen LogP contribution in [0.5, 0.6) is 5.88 Å². The smallest absolute Gasteiger partial charge is 0.413 e. The molecule has 0 aliphatic carbocycles. The Morgan fingerprint density at radius 1 is 1.06 bits per heavy atom. The summed E-state index contributed by atoms with van der Waals surface area (Å²) in [6.07, 6.45) is 2.62. The molecular weight excluding hydrogens is 452 g/mol. The number of morpholine rings is 1. The molecule has 0 radical (unpaired) electrons. The number of anilines is 1. The fraction of sp³-hybridized carbons (Fsp3) is 0.375. The number of carbonyl (C=O) groups is 2. The average Bonchev–Trinajstić information content (AvgIpc) is 3.29. The number of nitrogens with one attached hydrogen (secondary N) is 1. The summed E-state index contributed by atoms with van der Waals surface area (Å²) in [6, 6.07) is 8.69. The van der Waals surface area contributed by atoms with E-state index in [2.05, 4.69) is 20.4 Å². The Bertz CT molecular complexity index is 1180. The molecule has 2 amide bonds. The summed E-state index contributed by atoms with van der Waals surface area (Å²) in [5.74, 6) is 0.627. The van der Waals surface area contributed by atoms with Gasteiger partial charge in [-0.1, -0.05) is 0 Å². The Morgan fingerprint density at radius 3 is 2.43 bits per heavy atom. The van der Waals surface area contributed by atoms with E-state index in [4.69, 9.17) is 14.2 Å². The molecule has 0 bridgehead atoms. The first kappa shape index (κ1) is 24.1. The predicted octanol–water partition coefficient (Wildman–Crippen LogP) is 3.16. The molecule has 0 unspecified atom stereocenters. The quantitative estimate of drug-likeness (QED) is 0.591. The fourth-order valence-corrected chi connectivity index (χ4v) is 3.46. The highest BCUT2D eigenvalue weighted by molar-refractivity contribution is 5.93. The monoisotopic (exact) mass is 480 g/mol. The van der Waals surface area contributed by atoms with E-state index >= 15 is 0 Å². The minimum Gasteiger partial charge on any atom is -0.481 e. The van der Waals surface area contributed by atoms with E-state index in [0.29, 0.717) is 60.6 Å². The first-order valence-electron chi connectivity index (χ1n) is 11.2. The van der Waals surface area contributed by atoms with Gasteiger partial charge < -0.3 is 19.1 Å². The molecule has 1 aliphatic rings. The van der Waals surface area contributed by atoms with Crippen LogP contribution < -0.4 is 10.1 Å². The SMILES string of the molecule is COc1ccc(-n2nc(C(=O)N3CCOCC3)cc2-c2ccc(NC(=O)OC(C)(C)C)nc2)cn1. The summed E-state index contributed by atoms with van der Waals surface area (Å²) < 4.78 is 17.4. The van der Waals surface area contributed by atoms with Crippen molar-refractivity contribution in [2.45, 2.75) is 26.4 Å². The van der Waals surface area contributed by atoms with Crippen LogP contribution in [0.4, 0.5) is 10.6 Å². The Labute approximate surface area is 203 Å². The maximum absolute atomic E-state index is 13.1. The van der Waals surface area contributed by atoms with Crippen LogP contribution in [0.15, 0.2) is 42.7 Å². The first-order chi connectivity index (χ1) is 16.7. The van der Waals surface area contributed by atoms with Gasteiger partial charge in [0.15, 0.2) is 5.69 Å². The van der Waals surface area contributed by atoms with Crippen molar-refractivity contribution >= 4 is 17.8 Å². The molecule has 11 nitrogen and oxygen atoms in total. The predicted molar refractivity (Wildman–Crippen MR) is 128 cm³/mol. The number of nitrogens with zero attached hydrogens (tertiary/aromatic N) is 5. The molecule has 4 heterocycles. The van der Waals surface area contributed by atoms with Crippen LogP contribution >= 0.6 is 0 Å². The summed E-state index contributed by atoms with van der Waals surface area (Å²) in [7, 11) is 1.54. The number of hydrogen-bond acceptors (Lipinski definition) is 8. The molecular formula is C24H28N6O5. The minimum atomic E-state index is -0.619. The lowest BCUT2D eigenvalue weighted by Crippen LogP contribution is -2.40. The fourth-order valence-electron chi connectivity index (χ4n) is 3.46. The first-order valence-corrected chi connectivity index (χ1v) is 11.2. The molecule has 184 valence electrons. The number of ether oxygens (including phenoxy) is 3. The van der Waals surface area contributed by atoms with E-state index in [-0.39, 0.29) is 5.91 Å². The zero-order valence-corrected chi connectivity index (χ0v) is 20.1. The Kier molecular flexibility index (Phi) is 6.97. The largest absolute Gasteiger partial charge is 0.481 e. The van der Waals surface area contributed by atoms with Crippen molar-refractivity contribution in [1.29, 1.82) is 0 Å². The highest BCUT2D eigenvalue weighted by Gasteiger charge is 2.24. The third kappa shape index (κ3) is 5.93. The number of hydrogen-bond donors (Lipinski definition) is 1. The van der Waals surface area contributed by atoms with Crippen molar-refractivity contribution < 1.29 is 23.8 Å². The molecule has 1 aliphatic heterocycles. The van der Waals surface area contributed by atoms with Gasteiger partial charge in [0.1, 0.15) is 11.4 Å². The summed E-state index contributed by atoms with van der Waals surface area (Å²) in [5, 5.41) is 7.20. The highest BCUT2D eigenvalue weighted by atomic mass is 16.6. The van der Waals surface area contributed by atoms with Crippen LogP contribution in [0, 0.1) is 0 Å². The minimum absolute atomic E-state index is 0.175. The molecule has 1 fully saturated rings. The molecule has 4 rings (SSSR count). The van der Waals surface area contributed by atoms with E-state index in [0.717, 1.165) is 0 Å². The van der Waals surface area contributed by atoms with Crippen LogP contribution in [0.3, 0.4) is 0 Å². The molecule has 35 heavy (non-hydrogen) atoms. The Balaban J connectivity index is 1.64. The summed E-state index contributed by atoms with van der Waals surface area (Å²) in [4.78, 5) is 35.5. The summed E-state index contributed by atoms with van der Waals surface area (Å²) in [6.45, 7) is 7.38. The number of pyridine rings is 2. The molecule has 11 heteroatoms. The molecule has 1 N–H and O–H groups in total. The lowest BCUT2D eigenvalue weighted by Gasteiger charge is -2.25. The van der Waals surface area contributed by atoms with Gasteiger partial charge in [-0.3, -0.25) is 10.1 Å². The van der Waals surface area contributed by atoms with Gasteiger partial charge in [-0.05, 0) is 45.0 Å². The number of amides is 2. The molecule has 0 saturated carbocycles. The lowest BCUT2D eigenvalue weighted by atomic mass is 10.2. The van der Waals surface area contributed by atoms with Crippen LogP contribution in [-0.4, -0.2) is 75.7 Å². The second-order valence-corrected chi connectivity index (χ2v) is 8.85. The van der Waals surface area contributed by atoms with Crippen LogP contribution in [0.1, 0.15) is 31.3 Å². The average molecular weight is 481 g/mol. The molecule has 3 aromatic rings. The van der Waals surface area contributed by atoms with Crippen molar-refractivity contribution in [2.24, 2.45) is 0 Å². The van der Waals surface area contributed by atoms with E-state index < -0.39 is 11.7 Å². The molecule has 0 aromatic carbocycles. The maximum atomic E-state index is 13.1. The van der Waals surface area contributed by atoms with Crippen LogP contribution in [0.2, 0.25) is 0 Å². The third-order valence-corrected chi connectivity index (χ3v) is 5.09. The lowest BCUT2D eigenvalue weighted by molar-refractivity contribution is 0.0298. The van der Waals surface area contributed by atoms with E-state index in [1.54, 1.807) is 80.2 Å². The van der Waals surface area contributed by atoms with Gasteiger partial charge in [-0.2, -0.15) is 5.10 Å². The third-order valence-electron chi connectivity index (χ3n) is 5.09. The van der Waals surface area contributed by atoms with E-state index in [9.17, 15) is 9.59 Å².